The number of nitrogens with one attached hydrogen (secondary N) is 1. The fourth-order valence-electron chi connectivity index (χ4n) is 1.74. The second kappa shape index (κ2) is 9.56. The maximum Gasteiger partial charge on any atom is 0.148 e. The Kier molecular flexibility index (Phi) is 7.75. The van der Waals surface area contributed by atoms with Gasteiger partial charge in [0.1, 0.15) is 12.4 Å². The van der Waals surface area contributed by atoms with Crippen molar-refractivity contribution in [2.45, 2.75) is 39.2 Å². The van der Waals surface area contributed by atoms with Crippen LogP contribution < -0.4 is 10.1 Å². The SMILES string of the molecule is C#CCOc1ccc(CNCCCCCC)cc1. The second-order valence-corrected chi connectivity index (χ2v) is 4.37. The van der Waals surface area contributed by atoms with Crippen LogP contribution >= 0.6 is 0 Å². The van der Waals surface area contributed by atoms with Crippen molar-refractivity contribution in [2.24, 2.45) is 0 Å². The van der Waals surface area contributed by atoms with Crippen molar-refractivity contribution in [1.82, 2.24) is 5.32 Å². The molecule has 1 rings (SSSR count). The molecule has 0 saturated carbocycles. The zero-order valence-corrected chi connectivity index (χ0v) is 11.2. The Morgan fingerprint density at radius 2 is 1.94 bits per heavy atom. The van der Waals surface area contributed by atoms with Gasteiger partial charge in [-0.05, 0) is 30.7 Å². The minimum absolute atomic E-state index is 0.328. The van der Waals surface area contributed by atoms with Gasteiger partial charge in [0.15, 0.2) is 0 Å². The third kappa shape index (κ3) is 6.32. The van der Waals surface area contributed by atoms with E-state index in [1.54, 1.807) is 0 Å². The lowest BCUT2D eigenvalue weighted by molar-refractivity contribution is 0.370. The first kappa shape index (κ1) is 14.6. The number of rotatable bonds is 9. The lowest BCUT2D eigenvalue weighted by atomic mass is 10.2. The highest BCUT2D eigenvalue weighted by molar-refractivity contribution is 5.27. The Morgan fingerprint density at radius 1 is 1.17 bits per heavy atom. The highest BCUT2D eigenvalue weighted by atomic mass is 16.5. The lowest BCUT2D eigenvalue weighted by Gasteiger charge is -2.06. The average Bonchev–Trinajstić information content (AvgIpc) is 2.42. The number of benzene rings is 1. The summed E-state index contributed by atoms with van der Waals surface area (Å²) in [7, 11) is 0. The maximum absolute atomic E-state index is 5.32. The molecule has 0 amide bonds. The van der Waals surface area contributed by atoms with E-state index in [9.17, 15) is 0 Å². The normalized spacial score (nSPS) is 10.0. The molecule has 0 spiro atoms. The molecule has 98 valence electrons. The van der Waals surface area contributed by atoms with E-state index >= 15 is 0 Å². The van der Waals surface area contributed by atoms with Crippen molar-refractivity contribution < 1.29 is 4.74 Å². The minimum atomic E-state index is 0.328. The quantitative estimate of drug-likeness (QED) is 0.532. The van der Waals surface area contributed by atoms with Crippen LogP contribution in [0.1, 0.15) is 38.2 Å². The molecule has 0 aromatic heterocycles. The number of unbranched alkanes of at least 4 members (excludes halogenated alkanes) is 3. The van der Waals surface area contributed by atoms with Crippen LogP contribution in [0.25, 0.3) is 0 Å². The van der Waals surface area contributed by atoms with Crippen LogP contribution in [0.5, 0.6) is 5.75 Å². The van der Waals surface area contributed by atoms with Gasteiger partial charge in [-0.15, -0.1) is 6.42 Å². The molecule has 1 aromatic rings. The van der Waals surface area contributed by atoms with Gasteiger partial charge in [0.25, 0.3) is 0 Å². The topological polar surface area (TPSA) is 21.3 Å². The first-order chi connectivity index (χ1) is 8.86. The van der Waals surface area contributed by atoms with E-state index < -0.39 is 0 Å². The van der Waals surface area contributed by atoms with Gasteiger partial charge in [-0.1, -0.05) is 44.2 Å². The van der Waals surface area contributed by atoms with E-state index in [0.717, 1.165) is 18.8 Å². The van der Waals surface area contributed by atoms with Gasteiger partial charge in [-0.2, -0.15) is 0 Å². The molecule has 0 atom stereocenters. The smallest absolute Gasteiger partial charge is 0.148 e. The number of terminal acetylenes is 1. The maximum atomic E-state index is 5.32. The van der Waals surface area contributed by atoms with Crippen molar-refractivity contribution in [3.8, 4) is 18.1 Å². The van der Waals surface area contributed by atoms with Crippen LogP contribution in [0.2, 0.25) is 0 Å². The van der Waals surface area contributed by atoms with E-state index in [0.29, 0.717) is 6.61 Å². The van der Waals surface area contributed by atoms with Crippen LogP contribution in [0.15, 0.2) is 24.3 Å². The molecule has 0 radical (unpaired) electrons. The van der Waals surface area contributed by atoms with Gasteiger partial charge in [-0.25, -0.2) is 0 Å². The summed E-state index contributed by atoms with van der Waals surface area (Å²) in [5.74, 6) is 3.29. The summed E-state index contributed by atoms with van der Waals surface area (Å²) in [6.07, 6.45) is 10.3. The highest BCUT2D eigenvalue weighted by Crippen LogP contribution is 2.11. The van der Waals surface area contributed by atoms with Crippen molar-refractivity contribution >= 4 is 0 Å². The van der Waals surface area contributed by atoms with Crippen molar-refractivity contribution in [3.05, 3.63) is 29.8 Å². The van der Waals surface area contributed by atoms with Crippen LogP contribution in [-0.4, -0.2) is 13.2 Å². The molecule has 18 heavy (non-hydrogen) atoms. The molecular weight excluding hydrogens is 222 g/mol. The summed E-state index contributed by atoms with van der Waals surface area (Å²) in [5.41, 5.74) is 1.28. The van der Waals surface area contributed by atoms with E-state index in [4.69, 9.17) is 11.2 Å². The molecule has 0 heterocycles. The molecule has 0 aliphatic heterocycles. The number of hydrogen-bond acceptors (Lipinski definition) is 2. The fraction of sp³-hybridized carbons (Fsp3) is 0.500. The van der Waals surface area contributed by atoms with Crippen LogP contribution in [0.4, 0.5) is 0 Å². The third-order valence-electron chi connectivity index (χ3n) is 2.78. The lowest BCUT2D eigenvalue weighted by Crippen LogP contribution is -2.14. The minimum Gasteiger partial charge on any atom is -0.481 e. The standard InChI is InChI=1S/C16H23NO/c1-3-5-6-7-12-17-14-15-8-10-16(11-9-15)18-13-4-2/h2,8-11,17H,3,5-7,12-14H2,1H3. The summed E-state index contributed by atoms with van der Waals surface area (Å²) in [4.78, 5) is 0. The van der Waals surface area contributed by atoms with E-state index in [-0.39, 0.29) is 0 Å². The van der Waals surface area contributed by atoms with Gasteiger partial charge < -0.3 is 10.1 Å². The van der Waals surface area contributed by atoms with Crippen LogP contribution in [0, 0.1) is 12.3 Å². The summed E-state index contributed by atoms with van der Waals surface area (Å²) < 4.78 is 5.32. The average molecular weight is 245 g/mol. The number of hydrogen-bond donors (Lipinski definition) is 1. The number of ether oxygens (including phenoxy) is 1. The fourth-order valence-corrected chi connectivity index (χ4v) is 1.74. The Labute approximate surface area is 111 Å². The van der Waals surface area contributed by atoms with E-state index in [1.807, 2.05) is 12.1 Å². The molecule has 1 aromatic carbocycles. The summed E-state index contributed by atoms with van der Waals surface area (Å²) in [6, 6.07) is 8.08. The molecule has 0 aliphatic carbocycles. The van der Waals surface area contributed by atoms with Crippen molar-refractivity contribution in [3.63, 3.8) is 0 Å². The monoisotopic (exact) mass is 245 g/mol. The van der Waals surface area contributed by atoms with Crippen LogP contribution in [0.3, 0.4) is 0 Å². The molecule has 2 heteroatoms. The van der Waals surface area contributed by atoms with E-state index in [2.05, 4.69) is 30.3 Å². The van der Waals surface area contributed by atoms with Gasteiger partial charge >= 0.3 is 0 Å². The summed E-state index contributed by atoms with van der Waals surface area (Å²) >= 11 is 0. The highest BCUT2D eigenvalue weighted by Gasteiger charge is 1.95. The van der Waals surface area contributed by atoms with Gasteiger partial charge in [-0.3, -0.25) is 0 Å². The zero-order valence-electron chi connectivity index (χ0n) is 11.2. The van der Waals surface area contributed by atoms with Crippen LogP contribution in [-0.2, 0) is 6.54 Å². The zero-order chi connectivity index (χ0) is 13.1. The Balaban J connectivity index is 2.17. The Bertz CT molecular complexity index is 350. The molecule has 0 saturated heterocycles. The van der Waals surface area contributed by atoms with Crippen molar-refractivity contribution in [1.29, 1.82) is 0 Å². The first-order valence-electron chi connectivity index (χ1n) is 6.72. The second-order valence-electron chi connectivity index (χ2n) is 4.37. The van der Waals surface area contributed by atoms with E-state index in [1.165, 1.54) is 31.2 Å². The molecule has 2 nitrogen and oxygen atoms in total. The molecular formula is C16H23NO. The molecule has 0 unspecified atom stereocenters. The largest absolute Gasteiger partial charge is 0.481 e. The van der Waals surface area contributed by atoms with Gasteiger partial charge in [0, 0.05) is 6.54 Å². The summed E-state index contributed by atoms with van der Waals surface area (Å²) in [5, 5.41) is 3.45. The summed E-state index contributed by atoms with van der Waals surface area (Å²) in [6.45, 7) is 4.57. The predicted octanol–water partition coefficient (Wildman–Crippen LogP) is 3.37. The van der Waals surface area contributed by atoms with Gasteiger partial charge in [0.05, 0.1) is 0 Å². The molecule has 0 aliphatic rings. The molecule has 0 fully saturated rings. The Hall–Kier alpha value is -1.46. The van der Waals surface area contributed by atoms with Crippen molar-refractivity contribution in [2.75, 3.05) is 13.2 Å². The third-order valence-corrected chi connectivity index (χ3v) is 2.78. The Morgan fingerprint density at radius 3 is 2.61 bits per heavy atom. The molecule has 1 N–H and O–H groups in total. The predicted molar refractivity (Wildman–Crippen MR) is 76.6 cm³/mol. The first-order valence-corrected chi connectivity index (χ1v) is 6.72. The van der Waals surface area contributed by atoms with Gasteiger partial charge in [0.2, 0.25) is 0 Å². The molecule has 0 bridgehead atoms.